The van der Waals surface area contributed by atoms with Crippen molar-refractivity contribution < 1.29 is 18.3 Å². The number of esters is 1. The monoisotopic (exact) mass is 275 g/mol. The molecule has 0 amide bonds. The van der Waals surface area contributed by atoms with Crippen molar-refractivity contribution in [2.45, 2.75) is 6.42 Å². The minimum atomic E-state index is -0.600. The number of rotatable bonds is 4. The van der Waals surface area contributed by atoms with Crippen LogP contribution in [0.2, 0.25) is 0 Å². The van der Waals surface area contributed by atoms with E-state index in [1.165, 1.54) is 19.2 Å². The van der Waals surface area contributed by atoms with Crippen LogP contribution in [0, 0.1) is 18.1 Å². The zero-order valence-corrected chi connectivity index (χ0v) is 10.9. The first-order valence-electron chi connectivity index (χ1n) is 6.05. The van der Waals surface area contributed by atoms with Crippen LogP contribution in [0.5, 0.6) is 0 Å². The lowest BCUT2D eigenvalue weighted by Crippen LogP contribution is -2.01. The molecule has 103 valence electrons. The highest BCUT2D eigenvalue weighted by Gasteiger charge is 2.05. The Balaban J connectivity index is 2.02. The zero-order chi connectivity index (χ0) is 14.5. The highest BCUT2D eigenvalue weighted by atomic mass is 19.1. The summed E-state index contributed by atoms with van der Waals surface area (Å²) < 4.78 is 30.6. The Morgan fingerprint density at radius 2 is 1.70 bits per heavy atom. The predicted octanol–water partition coefficient (Wildman–Crippen LogP) is 3.55. The van der Waals surface area contributed by atoms with Crippen molar-refractivity contribution in [1.29, 1.82) is 0 Å². The SMILES string of the molecule is COC(=O)c1ccc(C[CH]c2cc(F)cc(F)c2)cc1. The quantitative estimate of drug-likeness (QED) is 0.798. The summed E-state index contributed by atoms with van der Waals surface area (Å²) in [6, 6.07) is 10.2. The zero-order valence-electron chi connectivity index (χ0n) is 10.9. The Hall–Kier alpha value is -2.23. The van der Waals surface area contributed by atoms with Crippen LogP contribution < -0.4 is 0 Å². The van der Waals surface area contributed by atoms with Gasteiger partial charge in [-0.2, -0.15) is 0 Å². The maximum atomic E-state index is 13.0. The maximum absolute atomic E-state index is 13.0. The van der Waals surface area contributed by atoms with Gasteiger partial charge in [-0.25, -0.2) is 13.6 Å². The number of halogens is 2. The molecule has 4 heteroatoms. The molecule has 2 nitrogen and oxygen atoms in total. The number of hydrogen-bond acceptors (Lipinski definition) is 2. The van der Waals surface area contributed by atoms with Crippen molar-refractivity contribution in [2.75, 3.05) is 7.11 Å². The van der Waals surface area contributed by atoms with Crippen LogP contribution in [0.15, 0.2) is 42.5 Å². The van der Waals surface area contributed by atoms with Crippen LogP contribution in [0.4, 0.5) is 8.78 Å². The number of methoxy groups -OCH3 is 1. The summed E-state index contributed by atoms with van der Waals surface area (Å²) in [4.78, 5) is 11.3. The van der Waals surface area contributed by atoms with E-state index in [4.69, 9.17) is 0 Å². The fourth-order valence-corrected chi connectivity index (χ4v) is 1.82. The molecule has 0 bridgehead atoms. The predicted molar refractivity (Wildman–Crippen MR) is 71.2 cm³/mol. The van der Waals surface area contributed by atoms with Crippen LogP contribution in [0.1, 0.15) is 21.5 Å². The second-order valence-corrected chi connectivity index (χ2v) is 4.30. The standard InChI is InChI=1S/C16H13F2O2/c1-20-16(19)13-6-4-11(5-7-13)2-3-12-8-14(17)10-15(18)9-12/h3-10H,2H2,1H3. The number of benzene rings is 2. The summed E-state index contributed by atoms with van der Waals surface area (Å²) in [6.45, 7) is 0. The molecule has 2 rings (SSSR count). The van der Waals surface area contributed by atoms with Gasteiger partial charge in [0.15, 0.2) is 0 Å². The fourth-order valence-electron chi connectivity index (χ4n) is 1.82. The molecule has 2 aromatic rings. The minimum Gasteiger partial charge on any atom is -0.465 e. The Kier molecular flexibility index (Phi) is 4.45. The second kappa shape index (κ2) is 6.28. The van der Waals surface area contributed by atoms with Gasteiger partial charge >= 0.3 is 5.97 Å². The number of ether oxygens (including phenoxy) is 1. The number of carbonyl (C=O) groups is 1. The molecule has 0 saturated carbocycles. The molecule has 0 fully saturated rings. The maximum Gasteiger partial charge on any atom is 0.337 e. The average molecular weight is 275 g/mol. The smallest absolute Gasteiger partial charge is 0.337 e. The summed E-state index contributed by atoms with van der Waals surface area (Å²) in [6.07, 6.45) is 2.24. The Morgan fingerprint density at radius 3 is 2.25 bits per heavy atom. The van der Waals surface area contributed by atoms with Crippen molar-refractivity contribution in [3.8, 4) is 0 Å². The highest BCUT2D eigenvalue weighted by molar-refractivity contribution is 5.89. The largest absolute Gasteiger partial charge is 0.465 e. The molecule has 0 heterocycles. The van der Waals surface area contributed by atoms with Gasteiger partial charge in [0.25, 0.3) is 0 Å². The third kappa shape index (κ3) is 3.63. The van der Waals surface area contributed by atoms with Crippen molar-refractivity contribution >= 4 is 5.97 Å². The average Bonchev–Trinajstić information content (AvgIpc) is 2.44. The molecule has 0 aromatic heterocycles. The van der Waals surface area contributed by atoms with Crippen molar-refractivity contribution in [3.63, 3.8) is 0 Å². The molecule has 0 atom stereocenters. The molecule has 0 aliphatic carbocycles. The molecule has 0 aliphatic rings. The van der Waals surface area contributed by atoms with Crippen LogP contribution >= 0.6 is 0 Å². The first-order valence-corrected chi connectivity index (χ1v) is 6.05. The molecule has 0 N–H and O–H groups in total. The van der Waals surface area contributed by atoms with Crippen LogP contribution in [-0.2, 0) is 11.2 Å². The van der Waals surface area contributed by atoms with Crippen LogP contribution in [0.3, 0.4) is 0 Å². The van der Waals surface area contributed by atoms with Gasteiger partial charge in [-0.15, -0.1) is 0 Å². The normalized spacial score (nSPS) is 10.3. The molecule has 0 unspecified atom stereocenters. The van der Waals surface area contributed by atoms with Gasteiger partial charge < -0.3 is 4.74 Å². The van der Waals surface area contributed by atoms with Crippen LogP contribution in [0.25, 0.3) is 0 Å². The molecule has 0 aliphatic heterocycles. The molecular formula is C16H13F2O2. The second-order valence-electron chi connectivity index (χ2n) is 4.30. The van der Waals surface area contributed by atoms with Gasteiger partial charge in [-0.1, -0.05) is 12.1 Å². The first-order chi connectivity index (χ1) is 9.58. The van der Waals surface area contributed by atoms with Gasteiger partial charge in [0, 0.05) is 6.07 Å². The first kappa shape index (κ1) is 14.2. The molecule has 1 radical (unpaired) electrons. The van der Waals surface area contributed by atoms with E-state index in [-0.39, 0.29) is 0 Å². The Bertz CT molecular complexity index is 586. The lowest BCUT2D eigenvalue weighted by molar-refractivity contribution is 0.0600. The van der Waals surface area contributed by atoms with E-state index >= 15 is 0 Å². The topological polar surface area (TPSA) is 26.3 Å². The third-order valence-electron chi connectivity index (χ3n) is 2.83. The van der Waals surface area contributed by atoms with E-state index in [2.05, 4.69) is 4.74 Å². The van der Waals surface area contributed by atoms with Gasteiger partial charge in [0.1, 0.15) is 11.6 Å². The lowest BCUT2D eigenvalue weighted by Gasteiger charge is -2.04. The molecule has 2 aromatic carbocycles. The van der Waals surface area contributed by atoms with Crippen molar-refractivity contribution in [3.05, 3.63) is 77.2 Å². The summed E-state index contributed by atoms with van der Waals surface area (Å²) in [7, 11) is 1.32. The Labute approximate surface area is 116 Å². The van der Waals surface area contributed by atoms with E-state index in [1.807, 2.05) is 0 Å². The van der Waals surface area contributed by atoms with E-state index in [9.17, 15) is 13.6 Å². The molecule has 0 saturated heterocycles. The van der Waals surface area contributed by atoms with Gasteiger partial charge in [0.2, 0.25) is 0 Å². The van der Waals surface area contributed by atoms with Crippen LogP contribution in [-0.4, -0.2) is 13.1 Å². The highest BCUT2D eigenvalue weighted by Crippen LogP contribution is 2.14. The minimum absolute atomic E-state index is 0.396. The Morgan fingerprint density at radius 1 is 1.10 bits per heavy atom. The molecule has 20 heavy (non-hydrogen) atoms. The lowest BCUT2D eigenvalue weighted by atomic mass is 10.0. The summed E-state index contributed by atoms with van der Waals surface area (Å²) in [5.41, 5.74) is 1.88. The third-order valence-corrected chi connectivity index (χ3v) is 2.83. The molecular weight excluding hydrogens is 262 g/mol. The fraction of sp³-hybridized carbons (Fsp3) is 0.125. The summed E-state index contributed by atoms with van der Waals surface area (Å²) in [5, 5.41) is 0. The van der Waals surface area contributed by atoms with Gasteiger partial charge in [-0.3, -0.25) is 0 Å². The van der Waals surface area contributed by atoms with E-state index in [0.717, 1.165) is 11.6 Å². The summed E-state index contributed by atoms with van der Waals surface area (Å²) >= 11 is 0. The van der Waals surface area contributed by atoms with E-state index in [1.54, 1.807) is 30.7 Å². The van der Waals surface area contributed by atoms with Gasteiger partial charge in [0.05, 0.1) is 12.7 Å². The van der Waals surface area contributed by atoms with Gasteiger partial charge in [-0.05, 0) is 48.2 Å². The van der Waals surface area contributed by atoms with E-state index < -0.39 is 17.6 Å². The van der Waals surface area contributed by atoms with E-state index in [0.29, 0.717) is 17.5 Å². The van der Waals surface area contributed by atoms with Crippen molar-refractivity contribution in [2.24, 2.45) is 0 Å². The number of carbonyl (C=O) groups excluding carboxylic acids is 1. The number of hydrogen-bond donors (Lipinski definition) is 0. The molecule has 0 spiro atoms. The van der Waals surface area contributed by atoms with Crippen molar-refractivity contribution in [1.82, 2.24) is 0 Å². The summed E-state index contributed by atoms with van der Waals surface area (Å²) in [5.74, 6) is -1.60.